The molecule has 0 spiro atoms. The molecule has 0 unspecified atom stereocenters. The summed E-state index contributed by atoms with van der Waals surface area (Å²) in [6.45, 7) is 1.23. The van der Waals surface area contributed by atoms with Crippen LogP contribution < -0.4 is 10.6 Å². The summed E-state index contributed by atoms with van der Waals surface area (Å²) < 4.78 is 0. The lowest BCUT2D eigenvalue weighted by atomic mass is 9.97. The molecule has 5 nitrogen and oxygen atoms in total. The van der Waals surface area contributed by atoms with Crippen LogP contribution >= 0.6 is 11.6 Å². The molecule has 0 saturated heterocycles. The number of rotatable bonds is 7. The zero-order chi connectivity index (χ0) is 18.1. The molecular formula is C19H26ClN3O2. The standard InChI is InChI=1S/C19H26ClN3O2/c1-23(13-16-9-5-6-10-17(16)20)14-18(24)22-19(25)21-12-11-15-7-3-2-4-8-15/h5-7,9-10H,2-4,8,11-14H2,1H3,(H2,21,22,24,25). The Morgan fingerprint density at radius 1 is 1.24 bits per heavy atom. The van der Waals surface area contributed by atoms with Crippen molar-refractivity contribution in [3.63, 3.8) is 0 Å². The highest BCUT2D eigenvalue weighted by Gasteiger charge is 2.12. The number of benzene rings is 1. The van der Waals surface area contributed by atoms with Crippen molar-refractivity contribution in [2.45, 2.75) is 38.6 Å². The number of nitrogens with one attached hydrogen (secondary N) is 2. The SMILES string of the molecule is CN(CC(=O)NC(=O)NCCC1=CCCCC1)Cc1ccccc1Cl. The number of imide groups is 1. The first-order valence-corrected chi connectivity index (χ1v) is 9.10. The number of carbonyl (C=O) groups excluding carboxylic acids is 2. The minimum absolute atomic E-state index is 0.129. The molecule has 0 fully saturated rings. The smallest absolute Gasteiger partial charge is 0.321 e. The van der Waals surface area contributed by atoms with Gasteiger partial charge in [0.1, 0.15) is 0 Å². The van der Waals surface area contributed by atoms with E-state index in [0.717, 1.165) is 24.8 Å². The number of urea groups is 1. The second-order valence-electron chi connectivity index (χ2n) is 6.43. The minimum atomic E-state index is -0.437. The molecule has 1 aliphatic carbocycles. The van der Waals surface area contributed by atoms with Gasteiger partial charge in [0.2, 0.25) is 5.91 Å². The molecule has 136 valence electrons. The molecule has 0 aromatic heterocycles. The number of nitrogens with zero attached hydrogens (tertiary/aromatic N) is 1. The maximum Gasteiger partial charge on any atom is 0.321 e. The summed E-state index contributed by atoms with van der Waals surface area (Å²) in [7, 11) is 1.82. The number of hydrogen-bond donors (Lipinski definition) is 2. The third-order valence-electron chi connectivity index (χ3n) is 4.18. The molecule has 2 rings (SSSR count). The number of likely N-dealkylation sites (N-methyl/N-ethyl adjacent to an activating group) is 1. The zero-order valence-electron chi connectivity index (χ0n) is 14.7. The summed E-state index contributed by atoms with van der Waals surface area (Å²) >= 11 is 6.11. The summed E-state index contributed by atoms with van der Waals surface area (Å²) in [5, 5.41) is 5.78. The van der Waals surface area contributed by atoms with Crippen LogP contribution in [0.1, 0.15) is 37.7 Å². The molecule has 0 heterocycles. The first-order valence-electron chi connectivity index (χ1n) is 8.72. The number of amides is 3. The third kappa shape index (κ3) is 7.28. The average molecular weight is 364 g/mol. The number of halogens is 1. The minimum Gasteiger partial charge on any atom is -0.337 e. The van der Waals surface area contributed by atoms with E-state index in [2.05, 4.69) is 16.7 Å². The summed E-state index contributed by atoms with van der Waals surface area (Å²) in [4.78, 5) is 25.5. The molecule has 0 radical (unpaired) electrons. The maximum atomic E-state index is 11.9. The second kappa shape index (κ2) is 10.2. The fourth-order valence-corrected chi connectivity index (χ4v) is 3.09. The third-order valence-corrected chi connectivity index (χ3v) is 4.55. The summed E-state index contributed by atoms with van der Waals surface area (Å²) in [5.74, 6) is -0.330. The van der Waals surface area contributed by atoms with Crippen LogP contribution in [0.2, 0.25) is 5.02 Å². The van der Waals surface area contributed by atoms with Gasteiger partial charge in [-0.15, -0.1) is 0 Å². The van der Waals surface area contributed by atoms with Crippen LogP contribution in [0.25, 0.3) is 0 Å². The van der Waals surface area contributed by atoms with E-state index in [9.17, 15) is 9.59 Å². The van der Waals surface area contributed by atoms with Gasteiger partial charge in [0.25, 0.3) is 0 Å². The Balaban J connectivity index is 1.65. The number of carbonyl (C=O) groups is 2. The quantitative estimate of drug-likeness (QED) is 0.729. The maximum absolute atomic E-state index is 11.9. The Morgan fingerprint density at radius 3 is 2.76 bits per heavy atom. The van der Waals surface area contributed by atoms with E-state index < -0.39 is 6.03 Å². The van der Waals surface area contributed by atoms with Crippen molar-refractivity contribution in [1.29, 1.82) is 0 Å². The van der Waals surface area contributed by atoms with Crippen molar-refractivity contribution in [3.8, 4) is 0 Å². The molecule has 1 aromatic rings. The van der Waals surface area contributed by atoms with Gasteiger partial charge < -0.3 is 5.32 Å². The van der Waals surface area contributed by atoms with Gasteiger partial charge in [0.15, 0.2) is 0 Å². The van der Waals surface area contributed by atoms with Crippen molar-refractivity contribution >= 4 is 23.5 Å². The first kappa shape index (κ1) is 19.5. The van der Waals surface area contributed by atoms with E-state index in [1.165, 1.54) is 18.4 Å². The Kier molecular flexibility index (Phi) is 7.95. The topological polar surface area (TPSA) is 61.4 Å². The van der Waals surface area contributed by atoms with Crippen LogP contribution in [0.3, 0.4) is 0 Å². The zero-order valence-corrected chi connectivity index (χ0v) is 15.4. The highest BCUT2D eigenvalue weighted by molar-refractivity contribution is 6.31. The average Bonchev–Trinajstić information content (AvgIpc) is 2.57. The molecule has 0 bridgehead atoms. The Hall–Kier alpha value is -1.85. The Morgan fingerprint density at radius 2 is 2.04 bits per heavy atom. The molecule has 1 aliphatic rings. The van der Waals surface area contributed by atoms with Crippen LogP contribution in [0.5, 0.6) is 0 Å². The largest absolute Gasteiger partial charge is 0.337 e. The second-order valence-corrected chi connectivity index (χ2v) is 6.83. The van der Waals surface area contributed by atoms with E-state index >= 15 is 0 Å². The Bertz CT molecular complexity index is 631. The van der Waals surface area contributed by atoms with Crippen molar-refractivity contribution in [1.82, 2.24) is 15.5 Å². The van der Waals surface area contributed by atoms with E-state index in [1.807, 2.05) is 36.2 Å². The lowest BCUT2D eigenvalue weighted by Crippen LogP contribution is -2.44. The normalized spacial score (nSPS) is 14.1. The molecule has 25 heavy (non-hydrogen) atoms. The summed E-state index contributed by atoms with van der Waals surface area (Å²) in [6, 6.07) is 7.08. The van der Waals surface area contributed by atoms with Gasteiger partial charge >= 0.3 is 6.03 Å². The van der Waals surface area contributed by atoms with E-state index in [4.69, 9.17) is 11.6 Å². The molecule has 0 aliphatic heterocycles. The predicted octanol–water partition coefficient (Wildman–Crippen LogP) is 3.49. The summed E-state index contributed by atoms with van der Waals surface area (Å²) in [6.07, 6.45) is 7.86. The monoisotopic (exact) mass is 363 g/mol. The van der Waals surface area contributed by atoms with Gasteiger partial charge in [-0.05, 0) is 50.8 Å². The number of allylic oxidation sites excluding steroid dienone is 1. The van der Waals surface area contributed by atoms with E-state index in [0.29, 0.717) is 18.1 Å². The molecular weight excluding hydrogens is 338 g/mol. The Labute approximate surface area is 154 Å². The van der Waals surface area contributed by atoms with Gasteiger partial charge in [-0.1, -0.05) is 41.4 Å². The highest BCUT2D eigenvalue weighted by Crippen LogP contribution is 2.19. The van der Waals surface area contributed by atoms with Crippen LogP contribution in [0, 0.1) is 0 Å². The van der Waals surface area contributed by atoms with Gasteiger partial charge in [-0.3, -0.25) is 15.0 Å². The van der Waals surface area contributed by atoms with Crippen LogP contribution in [0.4, 0.5) is 4.79 Å². The fraction of sp³-hybridized carbons (Fsp3) is 0.474. The first-order chi connectivity index (χ1) is 12.0. The molecule has 0 atom stereocenters. The molecule has 0 saturated carbocycles. The van der Waals surface area contributed by atoms with Crippen molar-refractivity contribution in [2.75, 3.05) is 20.1 Å². The van der Waals surface area contributed by atoms with Crippen LogP contribution in [-0.4, -0.2) is 37.0 Å². The summed E-state index contributed by atoms with van der Waals surface area (Å²) in [5.41, 5.74) is 2.35. The number of hydrogen-bond acceptors (Lipinski definition) is 3. The molecule has 6 heteroatoms. The van der Waals surface area contributed by atoms with Crippen LogP contribution in [-0.2, 0) is 11.3 Å². The van der Waals surface area contributed by atoms with Crippen molar-refractivity contribution in [3.05, 3.63) is 46.5 Å². The highest BCUT2D eigenvalue weighted by atomic mass is 35.5. The molecule has 1 aromatic carbocycles. The predicted molar refractivity (Wildman–Crippen MR) is 100 cm³/mol. The van der Waals surface area contributed by atoms with Gasteiger partial charge in [-0.2, -0.15) is 0 Å². The van der Waals surface area contributed by atoms with Gasteiger partial charge in [-0.25, -0.2) is 4.79 Å². The van der Waals surface area contributed by atoms with E-state index in [1.54, 1.807) is 0 Å². The van der Waals surface area contributed by atoms with Crippen LogP contribution in [0.15, 0.2) is 35.9 Å². The molecule has 2 N–H and O–H groups in total. The van der Waals surface area contributed by atoms with Crippen molar-refractivity contribution < 1.29 is 9.59 Å². The van der Waals surface area contributed by atoms with Crippen molar-refractivity contribution in [2.24, 2.45) is 0 Å². The van der Waals surface area contributed by atoms with E-state index in [-0.39, 0.29) is 12.5 Å². The lowest BCUT2D eigenvalue weighted by Gasteiger charge is -2.17. The van der Waals surface area contributed by atoms with Gasteiger partial charge in [0.05, 0.1) is 6.54 Å². The van der Waals surface area contributed by atoms with Gasteiger partial charge in [0, 0.05) is 18.1 Å². The molecule has 3 amide bonds. The fourth-order valence-electron chi connectivity index (χ4n) is 2.90. The lowest BCUT2D eigenvalue weighted by molar-refractivity contribution is -0.120.